The molecule has 25 heavy (non-hydrogen) atoms. The number of carbonyl (C=O) groups excluding carboxylic acids is 1. The van der Waals surface area contributed by atoms with Crippen LogP contribution in [-0.4, -0.2) is 36.2 Å². The number of aliphatic carboxylic acids is 1. The Balaban J connectivity index is 1.83. The Morgan fingerprint density at radius 2 is 1.92 bits per heavy atom. The third-order valence-electron chi connectivity index (χ3n) is 4.94. The number of hydrogen-bond acceptors (Lipinski definition) is 4. The molecule has 0 aromatic heterocycles. The quantitative estimate of drug-likeness (QED) is 0.820. The van der Waals surface area contributed by atoms with Crippen LogP contribution < -0.4 is 14.8 Å². The van der Waals surface area contributed by atoms with Crippen LogP contribution in [0.1, 0.15) is 44.1 Å². The average molecular weight is 345 g/mol. The molecule has 134 valence electrons. The van der Waals surface area contributed by atoms with Crippen LogP contribution in [0.5, 0.6) is 11.5 Å². The second-order valence-electron chi connectivity index (χ2n) is 6.59. The van der Waals surface area contributed by atoms with E-state index in [1.165, 1.54) is 0 Å². The summed E-state index contributed by atoms with van der Waals surface area (Å²) in [6, 6.07) is 5.45. The number of fused-ring (bicyclic) bond motifs is 1. The number of benzene rings is 1. The first-order chi connectivity index (χ1) is 12.1. The van der Waals surface area contributed by atoms with Gasteiger partial charge >= 0.3 is 5.97 Å². The molecule has 1 aliphatic heterocycles. The minimum atomic E-state index is -1.18. The predicted octanol–water partition coefficient (Wildman–Crippen LogP) is 2.76. The molecule has 1 fully saturated rings. The highest BCUT2D eigenvalue weighted by Gasteiger charge is 2.40. The Kier molecular flexibility index (Phi) is 4.97. The van der Waals surface area contributed by atoms with E-state index in [4.69, 9.17) is 9.47 Å². The Bertz CT molecular complexity index is 702. The third kappa shape index (κ3) is 3.48. The van der Waals surface area contributed by atoms with Crippen molar-refractivity contribution in [2.24, 2.45) is 0 Å². The summed E-state index contributed by atoms with van der Waals surface area (Å²) in [7, 11) is 1.56. The average Bonchev–Trinajstić information content (AvgIpc) is 2.87. The highest BCUT2D eigenvalue weighted by atomic mass is 16.5. The molecule has 6 nitrogen and oxygen atoms in total. The standard InChI is InChI=1S/C19H23NO5/c1-24-15-8-6-7-13-11-14(12-25-16(13)15)17(21)20-19(18(22)23)9-4-2-3-5-10-19/h6-8,11H,2-5,9-10,12H2,1H3,(H,20,21)(H,22,23). The zero-order valence-corrected chi connectivity index (χ0v) is 14.3. The smallest absolute Gasteiger partial charge is 0.329 e. The number of methoxy groups -OCH3 is 1. The Labute approximate surface area is 146 Å². The second-order valence-corrected chi connectivity index (χ2v) is 6.59. The molecule has 2 N–H and O–H groups in total. The molecular weight excluding hydrogens is 322 g/mol. The maximum atomic E-state index is 12.7. The number of carboxylic acid groups (broad SMARTS) is 1. The van der Waals surface area contributed by atoms with Crippen LogP contribution in [0.25, 0.3) is 6.08 Å². The fourth-order valence-electron chi connectivity index (χ4n) is 3.49. The minimum absolute atomic E-state index is 0.0922. The van der Waals surface area contributed by atoms with Crippen molar-refractivity contribution >= 4 is 18.0 Å². The van der Waals surface area contributed by atoms with Gasteiger partial charge < -0.3 is 19.9 Å². The van der Waals surface area contributed by atoms with Crippen molar-refractivity contribution in [1.29, 1.82) is 0 Å². The summed E-state index contributed by atoms with van der Waals surface area (Å²) in [6.45, 7) is 0.0922. The van der Waals surface area contributed by atoms with E-state index >= 15 is 0 Å². The number of carboxylic acids is 1. The lowest BCUT2D eigenvalue weighted by Gasteiger charge is -2.30. The Hall–Kier alpha value is -2.50. The van der Waals surface area contributed by atoms with Gasteiger partial charge in [0.1, 0.15) is 12.1 Å². The van der Waals surface area contributed by atoms with E-state index in [2.05, 4.69) is 5.32 Å². The molecule has 2 aliphatic rings. The molecule has 0 bridgehead atoms. The fourth-order valence-corrected chi connectivity index (χ4v) is 3.49. The van der Waals surface area contributed by atoms with E-state index in [0.29, 0.717) is 29.9 Å². The molecule has 0 spiro atoms. The van der Waals surface area contributed by atoms with E-state index in [0.717, 1.165) is 31.2 Å². The van der Waals surface area contributed by atoms with Crippen molar-refractivity contribution in [2.75, 3.05) is 13.7 Å². The first-order valence-corrected chi connectivity index (χ1v) is 8.62. The van der Waals surface area contributed by atoms with Gasteiger partial charge in [0.25, 0.3) is 5.91 Å². The first kappa shape index (κ1) is 17.3. The van der Waals surface area contributed by atoms with E-state index in [1.807, 2.05) is 12.1 Å². The lowest BCUT2D eigenvalue weighted by atomic mass is 9.89. The maximum Gasteiger partial charge on any atom is 0.329 e. The first-order valence-electron chi connectivity index (χ1n) is 8.62. The highest BCUT2D eigenvalue weighted by Crippen LogP contribution is 2.36. The molecule has 0 atom stereocenters. The van der Waals surface area contributed by atoms with Crippen molar-refractivity contribution in [1.82, 2.24) is 5.32 Å². The lowest BCUT2D eigenvalue weighted by molar-refractivity contribution is -0.147. The van der Waals surface area contributed by atoms with Crippen molar-refractivity contribution < 1.29 is 24.2 Å². The number of hydrogen-bond donors (Lipinski definition) is 2. The summed E-state index contributed by atoms with van der Waals surface area (Å²) >= 11 is 0. The normalized spacial score (nSPS) is 18.8. The Morgan fingerprint density at radius 3 is 2.56 bits per heavy atom. The number of amides is 1. The van der Waals surface area contributed by atoms with Crippen molar-refractivity contribution in [3.63, 3.8) is 0 Å². The van der Waals surface area contributed by atoms with Crippen LogP contribution in [0, 0.1) is 0 Å². The lowest BCUT2D eigenvalue weighted by Crippen LogP contribution is -2.55. The number of rotatable bonds is 4. The van der Waals surface area contributed by atoms with Gasteiger partial charge in [-0.3, -0.25) is 4.79 Å². The number of para-hydroxylation sites is 1. The monoisotopic (exact) mass is 345 g/mol. The predicted molar refractivity (Wildman–Crippen MR) is 92.7 cm³/mol. The third-order valence-corrected chi connectivity index (χ3v) is 4.94. The molecule has 6 heteroatoms. The van der Waals surface area contributed by atoms with Crippen molar-refractivity contribution in [2.45, 2.75) is 44.1 Å². The number of carbonyl (C=O) groups is 2. The van der Waals surface area contributed by atoms with Crippen LogP contribution in [0.4, 0.5) is 0 Å². The van der Waals surface area contributed by atoms with Gasteiger partial charge in [0, 0.05) is 5.56 Å². The van der Waals surface area contributed by atoms with Gasteiger partial charge in [-0.25, -0.2) is 4.79 Å². The van der Waals surface area contributed by atoms with Crippen LogP contribution >= 0.6 is 0 Å². The second kappa shape index (κ2) is 7.17. The number of nitrogens with one attached hydrogen (secondary N) is 1. The summed E-state index contributed by atoms with van der Waals surface area (Å²) in [5.41, 5.74) is -0.00471. The van der Waals surface area contributed by atoms with Crippen LogP contribution in [-0.2, 0) is 9.59 Å². The van der Waals surface area contributed by atoms with E-state index in [1.54, 1.807) is 19.3 Å². The van der Waals surface area contributed by atoms with Gasteiger partial charge in [0.05, 0.1) is 12.7 Å². The van der Waals surface area contributed by atoms with Crippen LogP contribution in [0.2, 0.25) is 0 Å². The molecular formula is C19H23NO5. The van der Waals surface area contributed by atoms with Crippen LogP contribution in [0.15, 0.2) is 23.8 Å². The van der Waals surface area contributed by atoms with Gasteiger partial charge in [-0.15, -0.1) is 0 Å². The zero-order valence-electron chi connectivity index (χ0n) is 14.3. The molecule has 3 rings (SSSR count). The molecule has 1 heterocycles. The molecule has 0 saturated heterocycles. The highest BCUT2D eigenvalue weighted by molar-refractivity contribution is 6.01. The van der Waals surface area contributed by atoms with Crippen molar-refractivity contribution in [3.05, 3.63) is 29.3 Å². The molecule has 0 unspecified atom stereocenters. The molecule has 1 aliphatic carbocycles. The van der Waals surface area contributed by atoms with Gasteiger partial charge in [-0.05, 0) is 25.0 Å². The zero-order chi connectivity index (χ0) is 17.9. The number of ether oxygens (including phenoxy) is 2. The van der Waals surface area contributed by atoms with E-state index < -0.39 is 11.5 Å². The summed E-state index contributed by atoms with van der Waals surface area (Å²) in [4.78, 5) is 24.5. The molecule has 1 aromatic rings. The largest absolute Gasteiger partial charge is 0.493 e. The molecule has 1 amide bonds. The summed E-state index contributed by atoms with van der Waals surface area (Å²) in [6.07, 6.45) is 6.29. The topological polar surface area (TPSA) is 84.9 Å². The van der Waals surface area contributed by atoms with E-state index in [9.17, 15) is 14.7 Å². The minimum Gasteiger partial charge on any atom is -0.493 e. The van der Waals surface area contributed by atoms with Crippen molar-refractivity contribution in [3.8, 4) is 11.5 Å². The Morgan fingerprint density at radius 1 is 1.20 bits per heavy atom. The molecule has 1 saturated carbocycles. The van der Waals surface area contributed by atoms with Crippen LogP contribution in [0.3, 0.4) is 0 Å². The van der Waals surface area contributed by atoms with Gasteiger partial charge in [-0.1, -0.05) is 37.8 Å². The molecule has 0 radical (unpaired) electrons. The van der Waals surface area contributed by atoms with E-state index in [-0.39, 0.29) is 12.5 Å². The summed E-state index contributed by atoms with van der Waals surface area (Å²) in [5.74, 6) is -0.122. The fraction of sp³-hybridized carbons (Fsp3) is 0.474. The SMILES string of the molecule is COc1cccc2c1OCC(C(=O)NC1(C(=O)O)CCCCCC1)=C2. The van der Waals surface area contributed by atoms with Gasteiger partial charge in [-0.2, -0.15) is 0 Å². The van der Waals surface area contributed by atoms with Gasteiger partial charge in [0.2, 0.25) is 0 Å². The van der Waals surface area contributed by atoms with Gasteiger partial charge in [0.15, 0.2) is 11.5 Å². The molecule has 1 aromatic carbocycles. The maximum absolute atomic E-state index is 12.7. The summed E-state index contributed by atoms with van der Waals surface area (Å²) in [5, 5.41) is 12.5. The summed E-state index contributed by atoms with van der Waals surface area (Å²) < 4.78 is 10.9.